The number of hydrogen-bond donors (Lipinski definition) is 3. The molecule has 3 N–H and O–H groups in total. The van der Waals surface area contributed by atoms with Gasteiger partial charge >= 0.3 is 0 Å². The first-order valence-electron chi connectivity index (χ1n) is 8.49. The Kier molecular flexibility index (Phi) is 5.55. The van der Waals surface area contributed by atoms with Crippen LogP contribution in [0.15, 0.2) is 18.2 Å². The highest BCUT2D eigenvalue weighted by Gasteiger charge is 2.21. The van der Waals surface area contributed by atoms with E-state index in [1.807, 2.05) is 18.2 Å². The van der Waals surface area contributed by atoms with E-state index in [4.69, 9.17) is 9.47 Å². The van der Waals surface area contributed by atoms with E-state index in [9.17, 15) is 4.79 Å². The van der Waals surface area contributed by atoms with Gasteiger partial charge in [-0.25, -0.2) is 0 Å². The van der Waals surface area contributed by atoms with Crippen molar-refractivity contribution in [1.29, 1.82) is 0 Å². The molecule has 0 radical (unpaired) electrons. The van der Waals surface area contributed by atoms with E-state index in [0.29, 0.717) is 18.8 Å². The maximum Gasteiger partial charge on any atom is 0.272 e. The van der Waals surface area contributed by atoms with Crippen LogP contribution in [0.25, 0.3) is 0 Å². The Morgan fingerprint density at radius 3 is 2.92 bits per heavy atom. The minimum atomic E-state index is -0.117. The number of fused-ring (bicyclic) bond motifs is 1. The first-order chi connectivity index (χ1) is 12.2. The van der Waals surface area contributed by atoms with Gasteiger partial charge in [-0.05, 0) is 30.5 Å². The summed E-state index contributed by atoms with van der Waals surface area (Å²) < 4.78 is 10.5. The van der Waals surface area contributed by atoms with Gasteiger partial charge in [0, 0.05) is 37.3 Å². The zero-order valence-electron chi connectivity index (χ0n) is 14.6. The second kappa shape index (κ2) is 8.02. The quantitative estimate of drug-likeness (QED) is 0.662. The molecule has 0 saturated heterocycles. The van der Waals surface area contributed by atoms with E-state index in [1.54, 1.807) is 14.2 Å². The first kappa shape index (κ1) is 17.3. The third-order valence-corrected chi connectivity index (χ3v) is 4.40. The fourth-order valence-corrected chi connectivity index (χ4v) is 3.03. The van der Waals surface area contributed by atoms with Gasteiger partial charge in [-0.2, -0.15) is 5.10 Å². The molecule has 0 aliphatic carbocycles. The summed E-state index contributed by atoms with van der Waals surface area (Å²) in [4.78, 5) is 12.3. The van der Waals surface area contributed by atoms with Crippen molar-refractivity contribution in [2.24, 2.45) is 0 Å². The van der Waals surface area contributed by atoms with Crippen LogP contribution in [0.3, 0.4) is 0 Å². The zero-order chi connectivity index (χ0) is 17.6. The number of ether oxygens (including phenoxy) is 2. The average molecular weight is 344 g/mol. The maximum atomic E-state index is 12.3. The molecule has 7 nitrogen and oxygen atoms in total. The second-order valence-electron chi connectivity index (χ2n) is 6.00. The highest BCUT2D eigenvalue weighted by Crippen LogP contribution is 2.27. The smallest absolute Gasteiger partial charge is 0.272 e. The van der Waals surface area contributed by atoms with E-state index < -0.39 is 0 Å². The average Bonchev–Trinajstić information content (AvgIpc) is 3.09. The van der Waals surface area contributed by atoms with E-state index >= 15 is 0 Å². The maximum absolute atomic E-state index is 12.3. The summed E-state index contributed by atoms with van der Waals surface area (Å²) in [6, 6.07) is 5.88. The molecule has 1 aliphatic rings. The molecule has 1 aliphatic heterocycles. The number of aryl methyl sites for hydroxylation is 1. The highest BCUT2D eigenvalue weighted by molar-refractivity contribution is 5.94. The molecule has 1 aromatic carbocycles. The van der Waals surface area contributed by atoms with Gasteiger partial charge in [-0.1, -0.05) is 6.07 Å². The van der Waals surface area contributed by atoms with Crippen molar-refractivity contribution in [2.45, 2.75) is 25.8 Å². The fourth-order valence-electron chi connectivity index (χ4n) is 3.03. The molecule has 2 aromatic rings. The molecule has 3 rings (SSSR count). The third-order valence-electron chi connectivity index (χ3n) is 4.40. The van der Waals surface area contributed by atoms with Crippen LogP contribution in [0.4, 0.5) is 0 Å². The number of nitrogens with one attached hydrogen (secondary N) is 3. The lowest BCUT2D eigenvalue weighted by Gasteiger charge is -2.13. The molecular formula is C18H24N4O3. The Labute approximate surface area is 147 Å². The van der Waals surface area contributed by atoms with Gasteiger partial charge in [0.1, 0.15) is 0 Å². The standard InChI is InChI=1S/C18H24N4O3/c1-24-15-6-5-12(10-16(15)25-2)4-3-8-20-18(23)17-13-11-19-9-7-14(13)21-22-17/h5-6,10,19H,3-4,7-9,11H2,1-2H3,(H,20,23)(H,21,22). The second-order valence-corrected chi connectivity index (χ2v) is 6.00. The van der Waals surface area contributed by atoms with Crippen LogP contribution in [0, 0.1) is 0 Å². The number of carbonyl (C=O) groups is 1. The van der Waals surface area contributed by atoms with Gasteiger partial charge < -0.3 is 20.1 Å². The molecule has 0 fully saturated rings. The Morgan fingerprint density at radius 2 is 2.12 bits per heavy atom. The normalized spacial score (nSPS) is 13.2. The lowest BCUT2D eigenvalue weighted by molar-refractivity contribution is 0.0947. The molecule has 0 saturated carbocycles. The SMILES string of the molecule is COc1ccc(CCCNC(=O)c2n[nH]c3c2CNCC3)cc1OC. The fraction of sp³-hybridized carbons (Fsp3) is 0.444. The van der Waals surface area contributed by atoms with Gasteiger partial charge in [-0.15, -0.1) is 0 Å². The van der Waals surface area contributed by atoms with Gasteiger partial charge in [0.25, 0.3) is 5.91 Å². The Hall–Kier alpha value is -2.54. The molecule has 25 heavy (non-hydrogen) atoms. The molecule has 134 valence electrons. The van der Waals surface area contributed by atoms with E-state index in [-0.39, 0.29) is 5.91 Å². The predicted octanol–water partition coefficient (Wildman–Crippen LogP) is 1.44. The number of aromatic amines is 1. The molecule has 2 heterocycles. The summed E-state index contributed by atoms with van der Waals surface area (Å²) in [6.45, 7) is 2.21. The van der Waals surface area contributed by atoms with E-state index in [0.717, 1.165) is 54.1 Å². The summed E-state index contributed by atoms with van der Waals surface area (Å²) in [5.41, 5.74) is 3.71. The number of aromatic nitrogens is 2. The van der Waals surface area contributed by atoms with Crippen molar-refractivity contribution in [3.8, 4) is 11.5 Å². The Morgan fingerprint density at radius 1 is 1.28 bits per heavy atom. The summed E-state index contributed by atoms with van der Waals surface area (Å²) in [7, 11) is 3.25. The number of amides is 1. The van der Waals surface area contributed by atoms with Crippen LogP contribution >= 0.6 is 0 Å². The third kappa shape index (κ3) is 3.93. The first-order valence-corrected chi connectivity index (χ1v) is 8.49. The number of benzene rings is 1. The largest absolute Gasteiger partial charge is 0.493 e. The molecule has 7 heteroatoms. The summed E-state index contributed by atoms with van der Waals surface area (Å²) in [5.74, 6) is 1.32. The van der Waals surface area contributed by atoms with Gasteiger partial charge in [0.15, 0.2) is 17.2 Å². The highest BCUT2D eigenvalue weighted by atomic mass is 16.5. The van der Waals surface area contributed by atoms with Crippen molar-refractivity contribution in [3.63, 3.8) is 0 Å². The van der Waals surface area contributed by atoms with Gasteiger partial charge in [0.2, 0.25) is 0 Å². The minimum Gasteiger partial charge on any atom is -0.493 e. The summed E-state index contributed by atoms with van der Waals surface area (Å²) in [6.07, 6.45) is 2.57. The Bertz CT molecular complexity index is 742. The number of rotatable bonds is 7. The van der Waals surface area contributed by atoms with Crippen molar-refractivity contribution >= 4 is 5.91 Å². The number of nitrogens with zero attached hydrogens (tertiary/aromatic N) is 1. The Balaban J connectivity index is 1.50. The van der Waals surface area contributed by atoms with E-state index in [1.165, 1.54) is 0 Å². The van der Waals surface area contributed by atoms with E-state index in [2.05, 4.69) is 20.8 Å². The molecule has 1 aromatic heterocycles. The molecule has 0 unspecified atom stereocenters. The number of hydrogen-bond acceptors (Lipinski definition) is 5. The van der Waals surface area contributed by atoms with Crippen LogP contribution in [0.1, 0.15) is 33.7 Å². The van der Waals surface area contributed by atoms with Crippen LogP contribution < -0.4 is 20.1 Å². The number of carbonyl (C=O) groups excluding carboxylic acids is 1. The zero-order valence-corrected chi connectivity index (χ0v) is 14.6. The minimum absolute atomic E-state index is 0.117. The van der Waals surface area contributed by atoms with Crippen LogP contribution in [0.2, 0.25) is 0 Å². The molecule has 1 amide bonds. The van der Waals surface area contributed by atoms with Crippen molar-refractivity contribution < 1.29 is 14.3 Å². The molecule has 0 atom stereocenters. The predicted molar refractivity (Wildman–Crippen MR) is 94.2 cm³/mol. The van der Waals surface area contributed by atoms with Crippen LogP contribution in [0.5, 0.6) is 11.5 Å². The molecular weight excluding hydrogens is 320 g/mol. The van der Waals surface area contributed by atoms with Crippen LogP contribution in [-0.2, 0) is 19.4 Å². The van der Waals surface area contributed by atoms with Gasteiger partial charge in [-0.3, -0.25) is 9.89 Å². The van der Waals surface area contributed by atoms with Crippen molar-refractivity contribution in [3.05, 3.63) is 40.7 Å². The summed E-state index contributed by atoms with van der Waals surface area (Å²) in [5, 5.41) is 13.4. The topological polar surface area (TPSA) is 88.3 Å². The number of H-pyrrole nitrogens is 1. The van der Waals surface area contributed by atoms with Crippen molar-refractivity contribution in [1.82, 2.24) is 20.8 Å². The van der Waals surface area contributed by atoms with Crippen molar-refractivity contribution in [2.75, 3.05) is 27.3 Å². The molecule has 0 bridgehead atoms. The van der Waals surface area contributed by atoms with Crippen LogP contribution in [-0.4, -0.2) is 43.4 Å². The lowest BCUT2D eigenvalue weighted by Crippen LogP contribution is -2.29. The molecule has 0 spiro atoms. The van der Waals surface area contributed by atoms with Gasteiger partial charge in [0.05, 0.1) is 14.2 Å². The monoisotopic (exact) mass is 344 g/mol. The number of methoxy groups -OCH3 is 2. The summed E-state index contributed by atoms with van der Waals surface area (Å²) >= 11 is 0. The lowest BCUT2D eigenvalue weighted by atomic mass is 10.1.